The van der Waals surface area contributed by atoms with Gasteiger partial charge in [0, 0.05) is 48.9 Å². The number of carbonyl (C=O) groups excluding carboxylic acids is 1. The molecule has 4 rings (SSSR count). The van der Waals surface area contributed by atoms with Gasteiger partial charge in [0.2, 0.25) is 0 Å². The molecule has 0 aliphatic carbocycles. The zero-order chi connectivity index (χ0) is 27.6. The molecule has 8 nitrogen and oxygen atoms in total. The Balaban J connectivity index is 1.76. The van der Waals surface area contributed by atoms with Crippen LogP contribution in [0.1, 0.15) is 58.2 Å². The Morgan fingerprint density at radius 2 is 1.89 bits per heavy atom. The van der Waals surface area contributed by atoms with E-state index in [9.17, 15) is 9.59 Å². The number of nitrogens with zero attached hydrogens (tertiary/aromatic N) is 3. The fourth-order valence-corrected chi connectivity index (χ4v) is 4.95. The van der Waals surface area contributed by atoms with E-state index in [4.69, 9.17) is 5.73 Å². The number of amides is 1. The van der Waals surface area contributed by atoms with Gasteiger partial charge in [-0.1, -0.05) is 12.1 Å². The molecule has 0 bridgehead atoms. The monoisotopic (exact) mass is 514 g/mol. The van der Waals surface area contributed by atoms with Gasteiger partial charge in [-0.3, -0.25) is 14.3 Å². The van der Waals surface area contributed by atoms with Crippen LogP contribution in [0.15, 0.2) is 47.4 Å². The third-order valence-electron chi connectivity index (χ3n) is 6.95. The number of rotatable bonds is 9. The van der Waals surface area contributed by atoms with Gasteiger partial charge < -0.3 is 20.9 Å². The molecule has 4 aromatic rings. The van der Waals surface area contributed by atoms with E-state index in [1.165, 1.54) is 5.56 Å². The zero-order valence-electron chi connectivity index (χ0n) is 23.2. The molecular weight excluding hydrogens is 476 g/mol. The Labute approximate surface area is 223 Å². The van der Waals surface area contributed by atoms with E-state index in [0.717, 1.165) is 51.9 Å². The van der Waals surface area contributed by atoms with Gasteiger partial charge in [0.05, 0.1) is 17.3 Å². The highest BCUT2D eigenvalue weighted by atomic mass is 16.1. The third kappa shape index (κ3) is 5.71. The zero-order valence-corrected chi connectivity index (χ0v) is 23.2. The van der Waals surface area contributed by atoms with Crippen molar-refractivity contribution in [3.8, 4) is 11.1 Å². The molecule has 0 radical (unpaired) electrons. The van der Waals surface area contributed by atoms with Gasteiger partial charge in [0.25, 0.3) is 11.5 Å². The molecule has 200 valence electrons. The number of fused-ring (bicyclic) bond motifs is 1. The summed E-state index contributed by atoms with van der Waals surface area (Å²) in [5.41, 5.74) is 13.5. The molecular formula is C30H38N6O2. The van der Waals surface area contributed by atoms with Crippen molar-refractivity contribution in [1.29, 1.82) is 0 Å². The number of nitrogens with one attached hydrogen (secondary N) is 2. The number of aromatic nitrogens is 3. The molecule has 8 heteroatoms. The van der Waals surface area contributed by atoms with E-state index in [1.54, 1.807) is 6.20 Å². The van der Waals surface area contributed by atoms with E-state index >= 15 is 0 Å². The number of pyridine rings is 1. The number of hydrogen-bond acceptors (Lipinski definition) is 5. The van der Waals surface area contributed by atoms with Crippen LogP contribution in [-0.4, -0.2) is 45.7 Å². The first-order chi connectivity index (χ1) is 18.1. The Kier molecular flexibility index (Phi) is 8.14. The predicted molar refractivity (Wildman–Crippen MR) is 153 cm³/mol. The highest BCUT2D eigenvalue weighted by Gasteiger charge is 2.19. The highest BCUT2D eigenvalue weighted by molar-refractivity contribution is 6.08. The standard InChI is InChI=1S/C30H38N6O2/c1-18(2)36-28-14-23(24-12-22(8-7-19(24)3)17-35(6)10-9-31)13-25(27(28)16-33-36)29(37)32-15-26-20(4)11-21(5)34-30(26)38/h7-8,11-14,16,18H,9-10,15,17,31H2,1-6H3,(H,32,37)(H,34,38). The van der Waals surface area contributed by atoms with Crippen molar-refractivity contribution >= 4 is 16.8 Å². The minimum Gasteiger partial charge on any atom is -0.348 e. The molecule has 0 aliphatic heterocycles. The lowest BCUT2D eigenvalue weighted by molar-refractivity contribution is 0.0952. The van der Waals surface area contributed by atoms with Crippen LogP contribution in [0.2, 0.25) is 0 Å². The van der Waals surface area contributed by atoms with Crippen LogP contribution in [0.25, 0.3) is 22.0 Å². The van der Waals surface area contributed by atoms with Crippen molar-refractivity contribution in [3.63, 3.8) is 0 Å². The smallest absolute Gasteiger partial charge is 0.253 e. The number of carbonyl (C=O) groups is 1. The first kappa shape index (κ1) is 27.3. The minimum atomic E-state index is -0.240. The Morgan fingerprint density at radius 1 is 1.13 bits per heavy atom. The van der Waals surface area contributed by atoms with Crippen molar-refractivity contribution in [2.45, 2.75) is 53.8 Å². The predicted octanol–water partition coefficient (Wildman–Crippen LogP) is 4.22. The molecule has 2 aromatic carbocycles. The minimum absolute atomic E-state index is 0.129. The van der Waals surface area contributed by atoms with Crippen molar-refractivity contribution in [1.82, 2.24) is 25.0 Å². The topological polar surface area (TPSA) is 109 Å². The summed E-state index contributed by atoms with van der Waals surface area (Å²) in [7, 11) is 2.06. The van der Waals surface area contributed by atoms with Crippen molar-refractivity contribution in [2.24, 2.45) is 5.73 Å². The number of aryl methyl sites for hydroxylation is 3. The van der Waals surface area contributed by atoms with Gasteiger partial charge in [-0.15, -0.1) is 0 Å². The Morgan fingerprint density at radius 3 is 2.58 bits per heavy atom. The maximum absolute atomic E-state index is 13.6. The third-order valence-corrected chi connectivity index (χ3v) is 6.95. The van der Waals surface area contributed by atoms with E-state index in [1.807, 2.05) is 30.7 Å². The lowest BCUT2D eigenvalue weighted by atomic mass is 9.94. The molecule has 0 atom stereocenters. The van der Waals surface area contributed by atoms with Gasteiger partial charge in [-0.25, -0.2) is 0 Å². The van der Waals surface area contributed by atoms with Crippen molar-refractivity contribution in [3.05, 3.63) is 86.5 Å². The fraction of sp³-hybridized carbons (Fsp3) is 0.367. The van der Waals surface area contributed by atoms with Gasteiger partial charge in [0.15, 0.2) is 0 Å². The van der Waals surface area contributed by atoms with Crippen LogP contribution in [0.4, 0.5) is 0 Å². The lowest BCUT2D eigenvalue weighted by Gasteiger charge is -2.18. The van der Waals surface area contributed by atoms with Gasteiger partial charge in [-0.05, 0) is 93.7 Å². The van der Waals surface area contributed by atoms with E-state index in [0.29, 0.717) is 17.7 Å². The molecule has 0 aliphatic rings. The maximum Gasteiger partial charge on any atom is 0.253 e. The van der Waals surface area contributed by atoms with E-state index in [2.05, 4.69) is 72.4 Å². The average molecular weight is 515 g/mol. The van der Waals surface area contributed by atoms with E-state index in [-0.39, 0.29) is 24.1 Å². The second kappa shape index (κ2) is 11.3. The Bertz CT molecular complexity index is 1530. The number of likely N-dealkylation sites (N-methyl/N-ethyl adjacent to an activating group) is 1. The van der Waals surface area contributed by atoms with Gasteiger partial charge in [0.1, 0.15) is 0 Å². The van der Waals surface area contributed by atoms with Crippen LogP contribution in [0.3, 0.4) is 0 Å². The number of benzene rings is 2. The average Bonchev–Trinajstić information content (AvgIpc) is 3.28. The lowest BCUT2D eigenvalue weighted by Crippen LogP contribution is -2.28. The molecule has 2 heterocycles. The SMILES string of the molecule is Cc1cc(C)c(CNC(=O)c2cc(-c3cc(CN(C)CCN)ccc3C)cc3c2cnn3C(C)C)c(=O)[nH]1. The van der Waals surface area contributed by atoms with Crippen LogP contribution in [0, 0.1) is 20.8 Å². The van der Waals surface area contributed by atoms with Crippen molar-refractivity contribution in [2.75, 3.05) is 20.1 Å². The summed E-state index contributed by atoms with van der Waals surface area (Å²) in [4.78, 5) is 31.1. The normalized spacial score (nSPS) is 11.6. The molecule has 38 heavy (non-hydrogen) atoms. The molecule has 2 aromatic heterocycles. The largest absolute Gasteiger partial charge is 0.348 e. The van der Waals surface area contributed by atoms with Crippen molar-refractivity contribution < 1.29 is 4.79 Å². The maximum atomic E-state index is 13.6. The molecule has 0 spiro atoms. The molecule has 4 N–H and O–H groups in total. The quantitative estimate of drug-likeness (QED) is 0.310. The van der Waals surface area contributed by atoms with Gasteiger partial charge >= 0.3 is 0 Å². The second-order valence-electron chi connectivity index (χ2n) is 10.4. The molecule has 1 amide bonds. The number of nitrogens with two attached hydrogens (primary N) is 1. The molecule has 0 saturated carbocycles. The summed E-state index contributed by atoms with van der Waals surface area (Å²) < 4.78 is 1.94. The highest BCUT2D eigenvalue weighted by Crippen LogP contribution is 2.32. The summed E-state index contributed by atoms with van der Waals surface area (Å²) in [6.45, 7) is 12.3. The summed E-state index contributed by atoms with van der Waals surface area (Å²) in [6, 6.07) is 12.5. The first-order valence-electron chi connectivity index (χ1n) is 13.1. The van der Waals surface area contributed by atoms with Gasteiger partial charge in [-0.2, -0.15) is 5.10 Å². The van der Waals surface area contributed by atoms with Crippen LogP contribution in [-0.2, 0) is 13.1 Å². The van der Waals surface area contributed by atoms with Crippen LogP contribution in [0.5, 0.6) is 0 Å². The number of H-pyrrole nitrogens is 1. The molecule has 0 fully saturated rings. The van der Waals surface area contributed by atoms with Crippen LogP contribution >= 0.6 is 0 Å². The summed E-state index contributed by atoms with van der Waals surface area (Å²) in [5, 5.41) is 8.35. The fourth-order valence-electron chi connectivity index (χ4n) is 4.95. The number of aromatic amines is 1. The van der Waals surface area contributed by atoms with E-state index < -0.39 is 0 Å². The molecule has 0 saturated heterocycles. The Hall–Kier alpha value is -3.75. The summed E-state index contributed by atoms with van der Waals surface area (Å²) in [5.74, 6) is -0.240. The number of hydrogen-bond donors (Lipinski definition) is 3. The summed E-state index contributed by atoms with van der Waals surface area (Å²) in [6.07, 6.45) is 1.75. The van der Waals surface area contributed by atoms with Crippen LogP contribution < -0.4 is 16.6 Å². The molecule has 0 unspecified atom stereocenters. The second-order valence-corrected chi connectivity index (χ2v) is 10.4. The first-order valence-corrected chi connectivity index (χ1v) is 13.1. The summed E-state index contributed by atoms with van der Waals surface area (Å²) >= 11 is 0.